The fourth-order valence-electron chi connectivity index (χ4n) is 1.64. The van der Waals surface area contributed by atoms with Crippen molar-refractivity contribution in [1.82, 2.24) is 0 Å². The molecule has 1 heterocycles. The number of rotatable bonds is 2. The summed E-state index contributed by atoms with van der Waals surface area (Å²) in [6.45, 7) is 2.23. The molecule has 1 aliphatic heterocycles. The molecule has 0 saturated heterocycles. The molecule has 0 spiro atoms. The minimum Gasteiger partial charge on any atom is -0.457 e. The van der Waals surface area contributed by atoms with Gasteiger partial charge in [-0.3, -0.25) is 0 Å². The van der Waals surface area contributed by atoms with Gasteiger partial charge in [-0.2, -0.15) is 0 Å². The van der Waals surface area contributed by atoms with Crippen molar-refractivity contribution >= 4 is 12.3 Å². The quantitative estimate of drug-likeness (QED) is 0.523. The fraction of sp³-hybridized carbons (Fsp3) is 0.273. The summed E-state index contributed by atoms with van der Waals surface area (Å²) in [6.07, 6.45) is 1.26. The number of aryl methyl sites for hydroxylation is 1. The first kappa shape index (κ1) is 8.94. The number of hydrogen-bond donors (Lipinski definition) is 0. The lowest BCUT2D eigenvalue weighted by atomic mass is 9.99. The Bertz CT molecular complexity index is 407. The molecule has 0 fully saturated rings. The van der Waals surface area contributed by atoms with Crippen LogP contribution in [0.1, 0.15) is 27.0 Å². The summed E-state index contributed by atoms with van der Waals surface area (Å²) >= 11 is 0. The molecule has 0 atom stereocenters. The van der Waals surface area contributed by atoms with Gasteiger partial charge in [-0.05, 0) is 24.1 Å². The molecule has 3 heteroatoms. The molecule has 72 valence electrons. The van der Waals surface area contributed by atoms with Crippen LogP contribution in [-0.4, -0.2) is 12.3 Å². The Balaban J connectivity index is 2.49. The zero-order chi connectivity index (χ0) is 10.1. The van der Waals surface area contributed by atoms with E-state index in [2.05, 4.69) is 0 Å². The third-order valence-electron chi connectivity index (χ3n) is 2.44. The molecule has 1 aromatic carbocycles. The molecule has 0 saturated carbocycles. The number of carbonyl (C=O) groups excluding carboxylic acids is 2. The van der Waals surface area contributed by atoms with Gasteiger partial charge in [0.1, 0.15) is 12.9 Å². The fourth-order valence-corrected chi connectivity index (χ4v) is 1.64. The second-order valence-corrected chi connectivity index (χ2v) is 3.38. The molecule has 2 rings (SSSR count). The summed E-state index contributed by atoms with van der Waals surface area (Å²) < 4.78 is 4.88. The lowest BCUT2D eigenvalue weighted by molar-refractivity contribution is -0.107. The molecule has 0 aliphatic carbocycles. The largest absolute Gasteiger partial charge is 0.457 e. The highest BCUT2D eigenvalue weighted by molar-refractivity contribution is 5.93. The summed E-state index contributed by atoms with van der Waals surface area (Å²) in [5, 5.41) is 0. The highest BCUT2D eigenvalue weighted by Crippen LogP contribution is 2.23. The molecular formula is C11H10O3. The van der Waals surface area contributed by atoms with Crippen molar-refractivity contribution in [1.29, 1.82) is 0 Å². The van der Waals surface area contributed by atoms with Crippen LogP contribution in [0.3, 0.4) is 0 Å². The van der Waals surface area contributed by atoms with Crippen LogP contribution in [-0.2, 0) is 22.6 Å². The summed E-state index contributed by atoms with van der Waals surface area (Å²) in [4.78, 5) is 21.6. The van der Waals surface area contributed by atoms with Gasteiger partial charge in [0.2, 0.25) is 0 Å². The number of aldehydes is 1. The molecule has 0 bridgehead atoms. The number of ether oxygens (including phenoxy) is 1. The van der Waals surface area contributed by atoms with E-state index in [1.165, 1.54) is 0 Å². The van der Waals surface area contributed by atoms with Crippen LogP contribution in [0.4, 0.5) is 0 Å². The lowest BCUT2D eigenvalue weighted by Crippen LogP contribution is -1.97. The number of carbonyl (C=O) groups is 2. The zero-order valence-corrected chi connectivity index (χ0v) is 7.87. The summed E-state index contributed by atoms with van der Waals surface area (Å²) in [7, 11) is 0. The number of benzene rings is 1. The maximum absolute atomic E-state index is 11.2. The van der Waals surface area contributed by atoms with E-state index in [0.29, 0.717) is 18.6 Å². The summed E-state index contributed by atoms with van der Waals surface area (Å²) in [5.74, 6) is -0.263. The van der Waals surface area contributed by atoms with Crippen LogP contribution < -0.4 is 0 Å². The molecule has 0 radical (unpaired) electrons. The van der Waals surface area contributed by atoms with Crippen LogP contribution in [0.5, 0.6) is 0 Å². The predicted octanol–water partition coefficient (Wildman–Crippen LogP) is 1.41. The summed E-state index contributed by atoms with van der Waals surface area (Å²) in [6, 6.07) is 3.67. The van der Waals surface area contributed by atoms with Crippen LogP contribution in [0, 0.1) is 6.92 Å². The average molecular weight is 190 g/mol. The molecule has 0 unspecified atom stereocenters. The number of fused-ring (bicyclic) bond motifs is 1. The zero-order valence-electron chi connectivity index (χ0n) is 7.87. The molecule has 0 aromatic heterocycles. The topological polar surface area (TPSA) is 43.4 Å². The van der Waals surface area contributed by atoms with Crippen molar-refractivity contribution in [2.24, 2.45) is 0 Å². The molecule has 1 aromatic rings. The first-order valence-electron chi connectivity index (χ1n) is 4.45. The normalized spacial score (nSPS) is 13.6. The second-order valence-electron chi connectivity index (χ2n) is 3.38. The van der Waals surface area contributed by atoms with E-state index in [0.717, 1.165) is 23.0 Å². The number of hydrogen-bond acceptors (Lipinski definition) is 3. The maximum Gasteiger partial charge on any atom is 0.338 e. The van der Waals surface area contributed by atoms with E-state index in [9.17, 15) is 9.59 Å². The number of cyclic esters (lactones) is 1. The standard InChI is InChI=1S/C11H10O3/c1-7-4-10-9(6-14-11(10)13)5-8(7)2-3-12/h3-5H,2,6H2,1H3. The van der Waals surface area contributed by atoms with Crippen molar-refractivity contribution in [3.8, 4) is 0 Å². The Morgan fingerprint density at radius 2 is 2.29 bits per heavy atom. The van der Waals surface area contributed by atoms with Gasteiger partial charge in [0.25, 0.3) is 0 Å². The molecule has 0 amide bonds. The van der Waals surface area contributed by atoms with E-state index in [1.807, 2.05) is 13.0 Å². The van der Waals surface area contributed by atoms with Crippen molar-refractivity contribution in [2.75, 3.05) is 0 Å². The van der Waals surface area contributed by atoms with E-state index in [4.69, 9.17) is 4.74 Å². The van der Waals surface area contributed by atoms with E-state index < -0.39 is 0 Å². The lowest BCUT2D eigenvalue weighted by Gasteiger charge is -2.03. The third kappa shape index (κ3) is 1.31. The van der Waals surface area contributed by atoms with Crippen molar-refractivity contribution in [3.05, 3.63) is 34.4 Å². The molecule has 3 nitrogen and oxygen atoms in total. The second kappa shape index (κ2) is 3.25. The van der Waals surface area contributed by atoms with Crippen LogP contribution in [0.2, 0.25) is 0 Å². The Morgan fingerprint density at radius 1 is 1.50 bits per heavy atom. The van der Waals surface area contributed by atoms with Crippen molar-refractivity contribution in [2.45, 2.75) is 20.0 Å². The van der Waals surface area contributed by atoms with Gasteiger partial charge in [-0.1, -0.05) is 6.07 Å². The first-order chi connectivity index (χ1) is 6.72. The summed E-state index contributed by atoms with van der Waals surface area (Å²) in [5.41, 5.74) is 3.46. The van der Waals surface area contributed by atoms with Gasteiger partial charge in [0, 0.05) is 12.0 Å². The highest BCUT2D eigenvalue weighted by atomic mass is 16.5. The third-order valence-corrected chi connectivity index (χ3v) is 2.44. The Morgan fingerprint density at radius 3 is 3.00 bits per heavy atom. The average Bonchev–Trinajstić information content (AvgIpc) is 2.50. The van der Waals surface area contributed by atoms with E-state index in [1.54, 1.807) is 6.07 Å². The van der Waals surface area contributed by atoms with Crippen LogP contribution in [0.25, 0.3) is 0 Å². The first-order valence-corrected chi connectivity index (χ1v) is 4.45. The van der Waals surface area contributed by atoms with E-state index >= 15 is 0 Å². The highest BCUT2D eigenvalue weighted by Gasteiger charge is 2.21. The van der Waals surface area contributed by atoms with Gasteiger partial charge in [0.15, 0.2) is 0 Å². The van der Waals surface area contributed by atoms with E-state index in [-0.39, 0.29) is 5.97 Å². The van der Waals surface area contributed by atoms with Crippen LogP contribution in [0.15, 0.2) is 12.1 Å². The monoisotopic (exact) mass is 190 g/mol. The predicted molar refractivity (Wildman–Crippen MR) is 50.1 cm³/mol. The van der Waals surface area contributed by atoms with Gasteiger partial charge < -0.3 is 9.53 Å². The van der Waals surface area contributed by atoms with Gasteiger partial charge in [-0.15, -0.1) is 0 Å². The number of esters is 1. The maximum atomic E-state index is 11.2. The van der Waals surface area contributed by atoms with Gasteiger partial charge >= 0.3 is 5.97 Å². The molecule has 0 N–H and O–H groups in total. The van der Waals surface area contributed by atoms with Crippen LogP contribution >= 0.6 is 0 Å². The Labute approximate surface area is 81.7 Å². The van der Waals surface area contributed by atoms with Crippen molar-refractivity contribution in [3.63, 3.8) is 0 Å². The minimum atomic E-state index is -0.263. The Kier molecular flexibility index (Phi) is 2.08. The smallest absolute Gasteiger partial charge is 0.338 e. The molecule has 1 aliphatic rings. The van der Waals surface area contributed by atoms with Gasteiger partial charge in [0.05, 0.1) is 5.56 Å². The molecule has 14 heavy (non-hydrogen) atoms. The SMILES string of the molecule is Cc1cc2c(cc1CC=O)COC2=O. The Hall–Kier alpha value is -1.64. The van der Waals surface area contributed by atoms with Crippen molar-refractivity contribution < 1.29 is 14.3 Å². The molecular weight excluding hydrogens is 180 g/mol. The minimum absolute atomic E-state index is 0.263. The van der Waals surface area contributed by atoms with Gasteiger partial charge in [-0.25, -0.2) is 4.79 Å².